The number of hydrogen-bond donors (Lipinski definition) is 2. The maximum atomic E-state index is 10.1. The fourth-order valence-electron chi connectivity index (χ4n) is 1.93. The van der Waals surface area contributed by atoms with Crippen LogP contribution in [0.25, 0.3) is 0 Å². The molecule has 0 aromatic carbocycles. The third-order valence-corrected chi connectivity index (χ3v) is 3.32. The first-order chi connectivity index (χ1) is 10.0. The Labute approximate surface area is 169 Å². The molecule has 0 spiro atoms. The summed E-state index contributed by atoms with van der Waals surface area (Å²) in [7, 11) is 1.48. The van der Waals surface area contributed by atoms with E-state index < -0.39 is 18.0 Å². The summed E-state index contributed by atoms with van der Waals surface area (Å²) in [5.74, 6) is -1.61. The molecule has 0 bridgehead atoms. The Hall–Kier alpha value is 0.341. The molecule has 146 valence electrons. The number of ether oxygens (including phenoxy) is 2. The number of rotatable bonds is 10. The minimum Gasteiger partial charge on any atom is -0.481 e. The number of aliphatic carboxylic acids is 2. The van der Waals surface area contributed by atoms with Crippen molar-refractivity contribution in [1.82, 2.24) is 0 Å². The molecule has 2 unspecified atom stereocenters. The molecule has 8 heteroatoms. The van der Waals surface area contributed by atoms with Gasteiger partial charge in [0.2, 0.25) is 0 Å². The second kappa shape index (κ2) is 18.7. The quantitative estimate of drug-likeness (QED) is 0.340. The first-order valence-corrected chi connectivity index (χ1v) is 7.61. The molecule has 1 saturated heterocycles. The molecule has 0 saturated carbocycles. The molecule has 1 fully saturated rings. The van der Waals surface area contributed by atoms with Crippen LogP contribution < -0.4 is 0 Å². The summed E-state index contributed by atoms with van der Waals surface area (Å²) in [6, 6.07) is 0. The molecule has 0 aromatic heterocycles. The van der Waals surface area contributed by atoms with Crippen LogP contribution in [0.2, 0.25) is 0 Å². The van der Waals surface area contributed by atoms with Gasteiger partial charge in [0.15, 0.2) is 6.10 Å². The van der Waals surface area contributed by atoms with E-state index in [0.29, 0.717) is 13.0 Å². The number of unbranched alkanes of at least 4 members (excludes halogenated alkanes) is 6. The Bertz CT molecular complexity index is 300. The van der Waals surface area contributed by atoms with Crippen molar-refractivity contribution in [2.24, 2.45) is 0 Å². The predicted octanol–water partition coefficient (Wildman–Crippen LogP) is 2.69. The zero-order valence-corrected chi connectivity index (χ0v) is 16.6. The molecule has 23 heavy (non-hydrogen) atoms. The molecule has 1 rings (SSSR count). The van der Waals surface area contributed by atoms with Crippen LogP contribution in [0.5, 0.6) is 0 Å². The van der Waals surface area contributed by atoms with Gasteiger partial charge in [-0.05, 0) is 6.42 Å². The van der Waals surface area contributed by atoms with Gasteiger partial charge in [0, 0.05) is 58.3 Å². The molecule has 6 nitrogen and oxygen atoms in total. The fourth-order valence-corrected chi connectivity index (χ4v) is 1.93. The van der Waals surface area contributed by atoms with Gasteiger partial charge in [-0.25, -0.2) is 4.79 Å². The van der Waals surface area contributed by atoms with E-state index in [9.17, 15) is 9.59 Å². The molecule has 0 aliphatic carbocycles. The van der Waals surface area contributed by atoms with E-state index in [1.807, 2.05) is 0 Å². The standard InChI is InChI=1S/C10H20O2.C5H8O4.2Ag/c1-2-3-4-5-6-7-8-9-10(11)12;1-8-3-2-9-4(3)5(6)7;;/h2-9H2,1H3,(H,11,12);3-4H,2H2,1H3,(H,6,7);;. The molecule has 1 aliphatic rings. The largest absolute Gasteiger partial charge is 0.481 e. The van der Waals surface area contributed by atoms with E-state index >= 15 is 0 Å². The Kier molecular flexibility index (Phi) is 22.9. The van der Waals surface area contributed by atoms with Crippen molar-refractivity contribution in [3.05, 3.63) is 0 Å². The van der Waals surface area contributed by atoms with Crippen LogP contribution in [0.3, 0.4) is 0 Å². The van der Waals surface area contributed by atoms with E-state index in [4.69, 9.17) is 14.9 Å². The Morgan fingerprint density at radius 1 is 1.04 bits per heavy atom. The molecule has 2 radical (unpaired) electrons. The van der Waals surface area contributed by atoms with Crippen LogP contribution in [-0.4, -0.2) is 48.1 Å². The first-order valence-electron chi connectivity index (χ1n) is 7.61. The topological polar surface area (TPSA) is 93.1 Å². The van der Waals surface area contributed by atoms with Crippen LogP contribution in [0.15, 0.2) is 0 Å². The summed E-state index contributed by atoms with van der Waals surface area (Å²) in [6.07, 6.45) is 7.65. The van der Waals surface area contributed by atoms with Gasteiger partial charge in [0.05, 0.1) is 6.61 Å². The summed E-state index contributed by atoms with van der Waals surface area (Å²) in [4.78, 5) is 20.3. The minimum absolute atomic E-state index is 0. The Balaban J connectivity index is -0.000000329. The monoisotopic (exact) mass is 518 g/mol. The average molecular weight is 520 g/mol. The first kappa shape index (κ1) is 28.2. The predicted molar refractivity (Wildman–Crippen MR) is 78.4 cm³/mol. The van der Waals surface area contributed by atoms with Gasteiger partial charge < -0.3 is 19.7 Å². The van der Waals surface area contributed by atoms with Crippen molar-refractivity contribution in [1.29, 1.82) is 0 Å². The Morgan fingerprint density at radius 3 is 1.87 bits per heavy atom. The van der Waals surface area contributed by atoms with Crippen molar-refractivity contribution in [3.63, 3.8) is 0 Å². The van der Waals surface area contributed by atoms with Crippen molar-refractivity contribution < 1.29 is 74.0 Å². The molecule has 2 N–H and O–H groups in total. The Morgan fingerprint density at radius 2 is 1.57 bits per heavy atom. The van der Waals surface area contributed by atoms with Gasteiger partial charge in [-0.1, -0.05) is 45.4 Å². The maximum absolute atomic E-state index is 10.1. The van der Waals surface area contributed by atoms with E-state index in [-0.39, 0.29) is 50.9 Å². The number of carboxylic acid groups (broad SMARTS) is 2. The zero-order valence-electron chi connectivity index (χ0n) is 13.6. The summed E-state index contributed by atoms with van der Waals surface area (Å²) in [6.45, 7) is 2.60. The van der Waals surface area contributed by atoms with Crippen LogP contribution >= 0.6 is 0 Å². The average Bonchev–Trinajstić information content (AvgIpc) is 2.37. The summed E-state index contributed by atoms with van der Waals surface area (Å²) in [5.41, 5.74) is 0. The second-order valence-electron chi connectivity index (χ2n) is 5.13. The molecular formula is C15H28Ag2O6. The molecular weight excluding hydrogens is 492 g/mol. The van der Waals surface area contributed by atoms with Crippen LogP contribution in [0, 0.1) is 0 Å². The van der Waals surface area contributed by atoms with Crippen molar-refractivity contribution >= 4 is 11.9 Å². The molecule has 2 atom stereocenters. The van der Waals surface area contributed by atoms with Crippen molar-refractivity contribution in [2.75, 3.05) is 13.7 Å². The molecule has 0 amide bonds. The fraction of sp³-hybridized carbons (Fsp3) is 0.867. The van der Waals surface area contributed by atoms with Crippen molar-refractivity contribution in [2.45, 2.75) is 70.5 Å². The second-order valence-corrected chi connectivity index (χ2v) is 5.13. The molecule has 1 aliphatic heterocycles. The summed E-state index contributed by atoms with van der Waals surface area (Å²) < 4.78 is 9.43. The van der Waals surface area contributed by atoms with Gasteiger partial charge in [-0.3, -0.25) is 4.79 Å². The SMILES string of the molecule is CCCCCCCCCC(=O)O.COC1COC1C(=O)O.[Ag].[Ag]. The van der Waals surface area contributed by atoms with Crippen LogP contribution in [-0.2, 0) is 63.8 Å². The molecule has 1 heterocycles. The van der Waals surface area contributed by atoms with Gasteiger partial charge in [-0.2, -0.15) is 0 Å². The number of carbonyl (C=O) groups is 2. The maximum Gasteiger partial charge on any atom is 0.335 e. The number of carboxylic acids is 2. The zero-order chi connectivity index (χ0) is 16.1. The van der Waals surface area contributed by atoms with Crippen LogP contribution in [0.1, 0.15) is 58.3 Å². The van der Waals surface area contributed by atoms with E-state index in [0.717, 1.165) is 12.8 Å². The van der Waals surface area contributed by atoms with E-state index in [1.165, 1.54) is 39.2 Å². The van der Waals surface area contributed by atoms with Crippen LogP contribution in [0.4, 0.5) is 0 Å². The summed E-state index contributed by atoms with van der Waals surface area (Å²) >= 11 is 0. The van der Waals surface area contributed by atoms with E-state index in [1.54, 1.807) is 0 Å². The number of hydrogen-bond acceptors (Lipinski definition) is 4. The van der Waals surface area contributed by atoms with E-state index in [2.05, 4.69) is 11.7 Å². The number of methoxy groups -OCH3 is 1. The van der Waals surface area contributed by atoms with Gasteiger partial charge in [-0.15, -0.1) is 0 Å². The third kappa shape index (κ3) is 15.6. The smallest absolute Gasteiger partial charge is 0.335 e. The normalized spacial score (nSPS) is 18.3. The van der Waals surface area contributed by atoms with Gasteiger partial charge in [0.1, 0.15) is 6.10 Å². The third-order valence-electron chi connectivity index (χ3n) is 3.32. The minimum atomic E-state index is -0.951. The summed E-state index contributed by atoms with van der Waals surface area (Å²) in [5, 5.41) is 16.7. The van der Waals surface area contributed by atoms with Crippen molar-refractivity contribution in [3.8, 4) is 0 Å². The van der Waals surface area contributed by atoms with Gasteiger partial charge >= 0.3 is 11.9 Å². The van der Waals surface area contributed by atoms with Gasteiger partial charge in [0.25, 0.3) is 0 Å². The molecule has 0 aromatic rings.